The summed E-state index contributed by atoms with van der Waals surface area (Å²) in [5.74, 6) is 1.10. The van der Waals surface area contributed by atoms with Gasteiger partial charge in [0.1, 0.15) is 5.75 Å². The molecule has 0 saturated heterocycles. The molecule has 3 rings (SSSR count). The summed E-state index contributed by atoms with van der Waals surface area (Å²) in [6.07, 6.45) is 6.48. The lowest BCUT2D eigenvalue weighted by Gasteiger charge is -2.11. The second-order valence-electron chi connectivity index (χ2n) is 5.43. The summed E-state index contributed by atoms with van der Waals surface area (Å²) < 4.78 is 5.27. The first-order valence-electron chi connectivity index (χ1n) is 7.48. The van der Waals surface area contributed by atoms with Gasteiger partial charge in [0.2, 0.25) is 0 Å². The molecule has 4 nitrogen and oxygen atoms in total. The molecule has 0 unspecified atom stereocenters. The van der Waals surface area contributed by atoms with Gasteiger partial charge < -0.3 is 9.72 Å². The van der Waals surface area contributed by atoms with Crippen LogP contribution in [0.25, 0.3) is 10.9 Å². The van der Waals surface area contributed by atoms with Crippen LogP contribution in [-0.2, 0) is 11.2 Å². The average Bonchev–Trinajstić information content (AvgIpc) is 2.91. The van der Waals surface area contributed by atoms with Gasteiger partial charge in [-0.3, -0.25) is 9.79 Å². The molecule has 1 heterocycles. The third-order valence-electron chi connectivity index (χ3n) is 4.05. The molecule has 1 fully saturated rings. The van der Waals surface area contributed by atoms with Crippen molar-refractivity contribution in [3.8, 4) is 5.75 Å². The largest absolute Gasteiger partial charge is 0.497 e. The van der Waals surface area contributed by atoms with Crippen LogP contribution in [0.4, 0.5) is 0 Å². The number of benzene rings is 1. The van der Waals surface area contributed by atoms with Crippen LogP contribution in [0.5, 0.6) is 5.75 Å². The number of aromatic amines is 1. The summed E-state index contributed by atoms with van der Waals surface area (Å²) in [4.78, 5) is 19.5. The number of ether oxygens (including phenoxy) is 1. The maximum Gasteiger partial charge on any atom is 0.176 e. The van der Waals surface area contributed by atoms with Crippen LogP contribution in [0.1, 0.15) is 31.2 Å². The third kappa shape index (κ3) is 2.99. The number of aliphatic imine (C=N–C) groups is 1. The van der Waals surface area contributed by atoms with E-state index in [0.717, 1.165) is 42.7 Å². The van der Waals surface area contributed by atoms with Crippen molar-refractivity contribution in [3.63, 3.8) is 0 Å². The molecule has 1 aliphatic rings. The molecular weight excluding hydrogens is 264 g/mol. The number of nitrogens with zero attached hydrogens (tertiary/aromatic N) is 1. The van der Waals surface area contributed by atoms with E-state index in [-0.39, 0.29) is 5.78 Å². The van der Waals surface area contributed by atoms with Crippen molar-refractivity contribution < 1.29 is 9.53 Å². The molecule has 21 heavy (non-hydrogen) atoms. The number of Topliss-reactive ketones (excluding diaryl/α,β-unsaturated/α-hetero) is 1. The van der Waals surface area contributed by atoms with Crippen LogP contribution < -0.4 is 4.74 Å². The maximum atomic E-state index is 11.7. The number of ketones is 1. The highest BCUT2D eigenvalue weighted by atomic mass is 16.5. The van der Waals surface area contributed by atoms with E-state index in [4.69, 9.17) is 4.74 Å². The second-order valence-corrected chi connectivity index (χ2v) is 5.43. The zero-order valence-electron chi connectivity index (χ0n) is 12.3. The number of hydrogen-bond acceptors (Lipinski definition) is 3. The van der Waals surface area contributed by atoms with E-state index >= 15 is 0 Å². The lowest BCUT2D eigenvalue weighted by atomic mass is 9.97. The zero-order chi connectivity index (χ0) is 14.7. The van der Waals surface area contributed by atoms with Crippen LogP contribution >= 0.6 is 0 Å². The number of nitrogens with one attached hydrogen (secondary N) is 1. The number of carbonyl (C=O) groups is 1. The van der Waals surface area contributed by atoms with E-state index in [1.807, 2.05) is 24.4 Å². The number of aromatic nitrogens is 1. The average molecular weight is 284 g/mol. The Balaban J connectivity index is 1.73. The van der Waals surface area contributed by atoms with Crippen molar-refractivity contribution in [3.05, 3.63) is 30.0 Å². The van der Waals surface area contributed by atoms with Crippen LogP contribution in [0.15, 0.2) is 29.4 Å². The van der Waals surface area contributed by atoms with Gasteiger partial charge in [-0.15, -0.1) is 0 Å². The minimum Gasteiger partial charge on any atom is -0.497 e. The Morgan fingerprint density at radius 1 is 1.29 bits per heavy atom. The number of carbonyl (C=O) groups excluding carboxylic acids is 1. The highest BCUT2D eigenvalue weighted by molar-refractivity contribution is 6.40. The minimum absolute atomic E-state index is 0.238. The van der Waals surface area contributed by atoms with Crippen molar-refractivity contribution in [2.24, 2.45) is 4.99 Å². The number of hydrogen-bond donors (Lipinski definition) is 1. The van der Waals surface area contributed by atoms with Crippen molar-refractivity contribution in [2.45, 2.75) is 32.1 Å². The van der Waals surface area contributed by atoms with E-state index < -0.39 is 0 Å². The first-order valence-corrected chi connectivity index (χ1v) is 7.48. The molecule has 0 bridgehead atoms. The quantitative estimate of drug-likeness (QED) is 0.936. The molecule has 0 aliphatic heterocycles. The van der Waals surface area contributed by atoms with Crippen molar-refractivity contribution in [2.75, 3.05) is 13.7 Å². The van der Waals surface area contributed by atoms with Crippen LogP contribution in [0.3, 0.4) is 0 Å². The topological polar surface area (TPSA) is 54.4 Å². The fourth-order valence-electron chi connectivity index (χ4n) is 2.83. The van der Waals surface area contributed by atoms with Crippen LogP contribution in [-0.4, -0.2) is 30.1 Å². The van der Waals surface area contributed by atoms with Gasteiger partial charge in [-0.05, 0) is 49.4 Å². The molecule has 2 aromatic rings. The first-order chi connectivity index (χ1) is 10.3. The molecule has 1 aliphatic carbocycles. The predicted molar refractivity (Wildman–Crippen MR) is 84.3 cm³/mol. The molecule has 0 radical (unpaired) electrons. The normalized spacial score (nSPS) is 17.6. The monoisotopic (exact) mass is 284 g/mol. The van der Waals surface area contributed by atoms with Crippen molar-refractivity contribution in [1.82, 2.24) is 4.98 Å². The molecule has 110 valence electrons. The summed E-state index contributed by atoms with van der Waals surface area (Å²) in [5, 5.41) is 1.17. The Kier molecular flexibility index (Phi) is 4.04. The lowest BCUT2D eigenvalue weighted by molar-refractivity contribution is -0.113. The standard InChI is InChI=1S/C17H20N2O2/c1-21-13-6-7-15-14(10-13)12(11-19-15)8-9-18-16-4-2-3-5-17(16)20/h6-7,10-11,19H,2-5,8-9H2,1H3. The van der Waals surface area contributed by atoms with Crippen LogP contribution in [0, 0.1) is 0 Å². The van der Waals surface area contributed by atoms with Crippen molar-refractivity contribution in [1.29, 1.82) is 0 Å². The summed E-state index contributed by atoms with van der Waals surface area (Å²) in [6.45, 7) is 0.672. The molecule has 1 aromatic heterocycles. The Labute approximate surface area is 124 Å². The highest BCUT2D eigenvalue weighted by Gasteiger charge is 2.15. The summed E-state index contributed by atoms with van der Waals surface area (Å²) in [5.41, 5.74) is 3.11. The van der Waals surface area contributed by atoms with Gasteiger partial charge >= 0.3 is 0 Å². The lowest BCUT2D eigenvalue weighted by Crippen LogP contribution is -2.19. The van der Waals surface area contributed by atoms with Gasteiger partial charge in [0, 0.05) is 30.1 Å². The second kappa shape index (κ2) is 6.12. The maximum absolute atomic E-state index is 11.7. The Morgan fingerprint density at radius 2 is 2.14 bits per heavy atom. The van der Waals surface area contributed by atoms with E-state index in [1.54, 1.807) is 7.11 Å². The Morgan fingerprint density at radius 3 is 2.95 bits per heavy atom. The molecule has 4 heteroatoms. The fraction of sp³-hybridized carbons (Fsp3) is 0.412. The third-order valence-corrected chi connectivity index (χ3v) is 4.05. The summed E-state index contributed by atoms with van der Waals surface area (Å²) in [7, 11) is 1.67. The van der Waals surface area contributed by atoms with E-state index in [1.165, 1.54) is 10.9 Å². The molecule has 1 N–H and O–H groups in total. The summed E-state index contributed by atoms with van der Waals surface area (Å²) in [6, 6.07) is 6.01. The fourth-order valence-corrected chi connectivity index (χ4v) is 2.83. The van der Waals surface area contributed by atoms with E-state index in [9.17, 15) is 4.79 Å². The number of H-pyrrole nitrogens is 1. The molecule has 1 aromatic carbocycles. The highest BCUT2D eigenvalue weighted by Crippen LogP contribution is 2.24. The number of fused-ring (bicyclic) bond motifs is 1. The Hall–Kier alpha value is -2.10. The van der Waals surface area contributed by atoms with Gasteiger partial charge in [0.15, 0.2) is 5.78 Å². The van der Waals surface area contributed by atoms with E-state index in [0.29, 0.717) is 13.0 Å². The number of methoxy groups -OCH3 is 1. The van der Waals surface area contributed by atoms with Gasteiger partial charge in [0.25, 0.3) is 0 Å². The van der Waals surface area contributed by atoms with Gasteiger partial charge in [0.05, 0.1) is 12.8 Å². The smallest absolute Gasteiger partial charge is 0.176 e. The number of rotatable bonds is 4. The minimum atomic E-state index is 0.238. The molecule has 0 spiro atoms. The van der Waals surface area contributed by atoms with Crippen molar-refractivity contribution >= 4 is 22.4 Å². The zero-order valence-corrected chi connectivity index (χ0v) is 12.3. The SMILES string of the molecule is COc1ccc2[nH]cc(CCN=C3CCCCC3=O)c2c1. The van der Waals surface area contributed by atoms with E-state index in [2.05, 4.69) is 9.98 Å². The predicted octanol–water partition coefficient (Wildman–Crippen LogP) is 3.30. The molecule has 1 saturated carbocycles. The Bertz CT molecular complexity index is 685. The van der Waals surface area contributed by atoms with Gasteiger partial charge in [-0.2, -0.15) is 0 Å². The molecular formula is C17H20N2O2. The first kappa shape index (κ1) is 13.9. The van der Waals surface area contributed by atoms with Crippen LogP contribution in [0.2, 0.25) is 0 Å². The van der Waals surface area contributed by atoms with Gasteiger partial charge in [-0.25, -0.2) is 0 Å². The van der Waals surface area contributed by atoms with Gasteiger partial charge in [-0.1, -0.05) is 0 Å². The molecule has 0 amide bonds. The molecule has 0 atom stereocenters. The summed E-state index contributed by atoms with van der Waals surface area (Å²) >= 11 is 0.